The van der Waals surface area contributed by atoms with Crippen LogP contribution in [0, 0.1) is 0 Å². The Morgan fingerprint density at radius 1 is 0.517 bits per heavy atom. The fraction of sp³-hybridized carbons (Fsp3) is 0.231. The lowest BCUT2D eigenvalue weighted by molar-refractivity contribution is 1.62. The monoisotopic (exact) mass is 432 g/mol. The molecule has 3 heteroatoms. The molecule has 0 aromatic heterocycles. The minimum absolute atomic E-state index is 0.555. The molecule has 150 valence electrons. The van der Waals surface area contributed by atoms with Gasteiger partial charge in [0.1, 0.15) is 0 Å². The topological polar surface area (TPSA) is 0 Å². The van der Waals surface area contributed by atoms with E-state index >= 15 is 0 Å². The van der Waals surface area contributed by atoms with Gasteiger partial charge in [0.25, 0.3) is 0 Å². The third kappa shape index (κ3) is 5.19. The van der Waals surface area contributed by atoms with Gasteiger partial charge in [-0.15, -0.1) is 0 Å². The van der Waals surface area contributed by atoms with Gasteiger partial charge in [-0.25, -0.2) is 0 Å². The van der Waals surface area contributed by atoms with E-state index in [1.165, 1.54) is 21.7 Å². The summed E-state index contributed by atoms with van der Waals surface area (Å²) in [4.78, 5) is 0. The number of benzene rings is 3. The van der Waals surface area contributed by atoms with Crippen molar-refractivity contribution in [3.8, 4) is 0 Å². The van der Waals surface area contributed by atoms with Crippen LogP contribution in [0.1, 0.15) is 11.1 Å². The second-order valence-corrected chi connectivity index (χ2v) is 23.0. The van der Waals surface area contributed by atoms with Gasteiger partial charge in [0.2, 0.25) is 0 Å². The Bertz CT molecular complexity index is 975. The van der Waals surface area contributed by atoms with Crippen LogP contribution in [0.3, 0.4) is 0 Å². The van der Waals surface area contributed by atoms with Crippen molar-refractivity contribution in [2.75, 3.05) is 0 Å². The van der Waals surface area contributed by atoms with Crippen molar-refractivity contribution < 1.29 is 0 Å². The molecule has 3 aromatic rings. The summed E-state index contributed by atoms with van der Waals surface area (Å²) in [5, 5.41) is 3.01. The Hall–Kier alpha value is -1.87. The number of rotatable bonds is 5. The summed E-state index contributed by atoms with van der Waals surface area (Å²) < 4.78 is 1.90. The Labute approximate surface area is 179 Å². The minimum Gasteiger partial charge on any atom is -0.0935 e. The lowest BCUT2D eigenvalue weighted by Gasteiger charge is -2.33. The quantitative estimate of drug-likeness (QED) is 0.301. The van der Waals surface area contributed by atoms with E-state index in [2.05, 4.69) is 130 Å². The van der Waals surface area contributed by atoms with Crippen molar-refractivity contribution in [1.29, 1.82) is 0 Å². The van der Waals surface area contributed by atoms with Gasteiger partial charge < -0.3 is 0 Å². The van der Waals surface area contributed by atoms with Crippen LogP contribution in [0.25, 0.3) is 0 Å². The zero-order valence-corrected chi connectivity index (χ0v) is 21.5. The second kappa shape index (κ2) is 8.87. The van der Waals surface area contributed by atoms with E-state index in [0.717, 1.165) is 0 Å². The summed E-state index contributed by atoms with van der Waals surface area (Å²) in [6.07, 6.45) is 0. The Balaban J connectivity index is 2.64. The molecule has 0 saturated heterocycles. The van der Waals surface area contributed by atoms with Gasteiger partial charge in [0.15, 0.2) is 0 Å². The van der Waals surface area contributed by atoms with Crippen molar-refractivity contribution in [3.63, 3.8) is 0 Å². The molecule has 3 aromatic carbocycles. The van der Waals surface area contributed by atoms with Crippen LogP contribution in [-0.2, 0) is 0 Å². The third-order valence-electron chi connectivity index (χ3n) is 4.98. The molecule has 3 rings (SSSR count). The highest BCUT2D eigenvalue weighted by Crippen LogP contribution is 2.32. The SMILES string of the molecule is C[Si](C)(C)C(=P(=C(c1ccccc1)c1ccccc1)c1ccccc1)[Si](C)(C)C. The van der Waals surface area contributed by atoms with Gasteiger partial charge in [0.05, 0.1) is 16.1 Å². The molecule has 0 amide bonds. The minimum atomic E-state index is -1.51. The molecule has 0 saturated carbocycles. The van der Waals surface area contributed by atoms with E-state index in [4.69, 9.17) is 0 Å². The molecule has 0 N–H and O–H groups in total. The van der Waals surface area contributed by atoms with Crippen molar-refractivity contribution >= 4 is 38.5 Å². The van der Waals surface area contributed by atoms with Crippen LogP contribution in [0.5, 0.6) is 0 Å². The average Bonchev–Trinajstić information content (AvgIpc) is 2.68. The van der Waals surface area contributed by atoms with Crippen LogP contribution in [0.2, 0.25) is 39.3 Å². The van der Waals surface area contributed by atoms with E-state index in [9.17, 15) is 0 Å². The smallest absolute Gasteiger partial charge is 0.0731 e. The fourth-order valence-electron chi connectivity index (χ4n) is 4.36. The molecule has 0 aliphatic heterocycles. The van der Waals surface area contributed by atoms with Gasteiger partial charge in [0, 0.05) is 5.29 Å². The zero-order valence-electron chi connectivity index (χ0n) is 18.6. The standard InChI is InChI=1S/C26H33PSi2/c1-28(2,3)26(29(4,5)6)27(24-20-14-9-15-21-24)25(22-16-10-7-11-17-22)23-18-12-8-13-19-23/h7-21H,1-6H3. The number of hydrogen-bond donors (Lipinski definition) is 0. The molecular weight excluding hydrogens is 399 g/mol. The molecule has 0 heterocycles. The molecule has 0 bridgehead atoms. The molecule has 0 fully saturated rings. The lowest BCUT2D eigenvalue weighted by Crippen LogP contribution is -2.49. The van der Waals surface area contributed by atoms with Gasteiger partial charge in [-0.3, -0.25) is 0 Å². The van der Waals surface area contributed by atoms with Crippen molar-refractivity contribution in [2.45, 2.75) is 39.3 Å². The summed E-state index contributed by atoms with van der Waals surface area (Å²) in [6.45, 7) is 15.3. The molecule has 0 radical (unpaired) electrons. The average molecular weight is 433 g/mol. The van der Waals surface area contributed by atoms with Crippen molar-refractivity contribution in [1.82, 2.24) is 0 Å². The summed E-state index contributed by atoms with van der Waals surface area (Å²) in [6, 6.07) is 33.4. The van der Waals surface area contributed by atoms with Crippen LogP contribution in [0.15, 0.2) is 91.0 Å². The molecular formula is C26H33PSi2. The highest BCUT2D eigenvalue weighted by atomic mass is 31.1. The molecule has 0 aliphatic rings. The van der Waals surface area contributed by atoms with Crippen LogP contribution >= 0.6 is 7.17 Å². The molecule has 0 nitrogen and oxygen atoms in total. The largest absolute Gasteiger partial charge is 0.0935 e. The second-order valence-electron chi connectivity index (χ2n) is 9.60. The van der Waals surface area contributed by atoms with E-state index in [0.29, 0.717) is 0 Å². The molecule has 0 spiro atoms. The predicted molar refractivity (Wildman–Crippen MR) is 141 cm³/mol. The van der Waals surface area contributed by atoms with E-state index in [-0.39, 0.29) is 0 Å². The van der Waals surface area contributed by atoms with Crippen LogP contribution in [-0.4, -0.2) is 26.0 Å². The maximum Gasteiger partial charge on any atom is 0.0731 e. The highest BCUT2D eigenvalue weighted by Gasteiger charge is 2.33. The first kappa shape index (κ1) is 21.8. The summed E-state index contributed by atoms with van der Waals surface area (Å²) in [5.74, 6) is 0. The Morgan fingerprint density at radius 3 is 1.21 bits per heavy atom. The molecule has 1 unspecified atom stereocenters. The first-order valence-electron chi connectivity index (χ1n) is 10.4. The van der Waals surface area contributed by atoms with Crippen LogP contribution < -0.4 is 5.30 Å². The van der Waals surface area contributed by atoms with Gasteiger partial charge in [-0.05, 0) is 16.4 Å². The summed E-state index contributed by atoms with van der Waals surface area (Å²) in [5.41, 5.74) is 2.73. The number of hydrogen-bond acceptors (Lipinski definition) is 0. The van der Waals surface area contributed by atoms with E-state index in [1.807, 2.05) is 4.54 Å². The fourth-order valence-corrected chi connectivity index (χ4v) is 22.2. The van der Waals surface area contributed by atoms with Gasteiger partial charge >= 0.3 is 0 Å². The first-order valence-corrected chi connectivity index (χ1v) is 18.7. The Morgan fingerprint density at radius 2 is 0.862 bits per heavy atom. The molecule has 29 heavy (non-hydrogen) atoms. The predicted octanol–water partition coefficient (Wildman–Crippen LogP) is 6.99. The first-order chi connectivity index (χ1) is 13.7. The van der Waals surface area contributed by atoms with E-state index < -0.39 is 23.3 Å². The summed E-state index contributed by atoms with van der Waals surface area (Å²) in [7, 11) is -3.57. The third-order valence-corrected chi connectivity index (χ3v) is 19.9. The highest BCUT2D eigenvalue weighted by molar-refractivity contribution is 7.79. The molecule has 1 atom stereocenters. The van der Waals surface area contributed by atoms with Crippen molar-refractivity contribution in [2.24, 2.45) is 0 Å². The molecule has 0 aliphatic carbocycles. The Kier molecular flexibility index (Phi) is 6.68. The normalized spacial score (nSPS) is 12.4. The summed E-state index contributed by atoms with van der Waals surface area (Å²) >= 11 is 0. The van der Waals surface area contributed by atoms with Gasteiger partial charge in [-0.2, -0.15) is 0 Å². The maximum absolute atomic E-state index is 2.55. The van der Waals surface area contributed by atoms with E-state index in [1.54, 1.807) is 0 Å². The van der Waals surface area contributed by atoms with Crippen molar-refractivity contribution in [3.05, 3.63) is 102 Å². The lowest BCUT2D eigenvalue weighted by atomic mass is 10.1. The maximum atomic E-state index is 2.55. The van der Waals surface area contributed by atoms with Crippen LogP contribution in [0.4, 0.5) is 0 Å². The zero-order chi connectivity index (χ0) is 21.1. The van der Waals surface area contributed by atoms with Gasteiger partial charge in [-0.1, -0.05) is 142 Å².